The molecule has 0 aliphatic rings. The van der Waals surface area contributed by atoms with Crippen LogP contribution in [0.5, 0.6) is 0 Å². The van der Waals surface area contributed by atoms with Crippen molar-refractivity contribution in [2.75, 3.05) is 10.0 Å². The van der Waals surface area contributed by atoms with Gasteiger partial charge >= 0.3 is 0 Å². The first-order valence-electron chi connectivity index (χ1n) is 7.14. The molecule has 1 aromatic heterocycles. The maximum Gasteiger partial charge on any atom is 0.271 e. The molecule has 0 aliphatic heterocycles. The van der Waals surface area contributed by atoms with Gasteiger partial charge in [-0.2, -0.15) is 0 Å². The molecule has 3 aromatic rings. The van der Waals surface area contributed by atoms with Crippen molar-refractivity contribution < 1.29 is 8.42 Å². The van der Waals surface area contributed by atoms with Crippen LogP contribution in [0.3, 0.4) is 0 Å². The minimum atomic E-state index is -3.52. The molecule has 2 N–H and O–H groups in total. The molecule has 1 heterocycles. The van der Waals surface area contributed by atoms with Gasteiger partial charge in [0.1, 0.15) is 4.21 Å². The molecular formula is C17H15ClN2O2S2. The smallest absolute Gasteiger partial charge is 0.271 e. The molecule has 2 aromatic carbocycles. The molecule has 0 unspecified atom stereocenters. The summed E-state index contributed by atoms with van der Waals surface area (Å²) in [6, 6.07) is 16.0. The first-order chi connectivity index (χ1) is 11.4. The van der Waals surface area contributed by atoms with Gasteiger partial charge in [0.25, 0.3) is 10.0 Å². The zero-order valence-electron chi connectivity index (χ0n) is 12.8. The van der Waals surface area contributed by atoms with Crippen LogP contribution in [0.2, 0.25) is 5.02 Å². The van der Waals surface area contributed by atoms with E-state index in [9.17, 15) is 8.42 Å². The maximum absolute atomic E-state index is 12.2. The van der Waals surface area contributed by atoms with Crippen LogP contribution < -0.4 is 10.0 Å². The molecule has 0 spiro atoms. The van der Waals surface area contributed by atoms with E-state index in [-0.39, 0.29) is 0 Å². The zero-order valence-corrected chi connectivity index (χ0v) is 15.2. The zero-order chi connectivity index (χ0) is 17.2. The molecule has 7 heteroatoms. The lowest BCUT2D eigenvalue weighted by Gasteiger charge is -2.11. The van der Waals surface area contributed by atoms with E-state index in [0.29, 0.717) is 14.9 Å². The Morgan fingerprint density at radius 3 is 2.33 bits per heavy atom. The number of hydrogen-bond acceptors (Lipinski definition) is 4. The fourth-order valence-corrected chi connectivity index (χ4v) is 4.44. The average Bonchev–Trinajstić information content (AvgIpc) is 3.07. The third-order valence-electron chi connectivity index (χ3n) is 3.36. The molecule has 0 amide bonds. The maximum atomic E-state index is 12.2. The van der Waals surface area contributed by atoms with Crippen molar-refractivity contribution in [3.63, 3.8) is 0 Å². The quantitative estimate of drug-likeness (QED) is 0.637. The van der Waals surface area contributed by atoms with Crippen LogP contribution >= 0.6 is 22.9 Å². The fraction of sp³-hybridized carbons (Fsp3) is 0.0588. The van der Waals surface area contributed by atoms with Crippen LogP contribution in [0, 0.1) is 6.92 Å². The van der Waals surface area contributed by atoms with Gasteiger partial charge in [-0.3, -0.25) is 4.72 Å². The Morgan fingerprint density at radius 2 is 1.71 bits per heavy atom. The van der Waals surface area contributed by atoms with Gasteiger partial charge in [-0.05, 0) is 66.4 Å². The minimum absolute atomic E-state index is 0.293. The Kier molecular flexibility index (Phi) is 4.80. The van der Waals surface area contributed by atoms with Crippen molar-refractivity contribution >= 4 is 50.0 Å². The number of rotatable bonds is 5. The van der Waals surface area contributed by atoms with Crippen LogP contribution in [-0.2, 0) is 10.0 Å². The molecule has 0 bridgehead atoms. The van der Waals surface area contributed by atoms with E-state index in [0.717, 1.165) is 16.9 Å². The monoisotopic (exact) mass is 378 g/mol. The SMILES string of the molecule is Cc1cc(Cl)ccc1Nc1ccc(NS(=O)(=O)c2cccs2)cc1. The van der Waals surface area contributed by atoms with E-state index in [2.05, 4.69) is 10.0 Å². The van der Waals surface area contributed by atoms with E-state index in [1.807, 2.05) is 37.3 Å². The van der Waals surface area contributed by atoms with Crippen molar-refractivity contribution in [1.82, 2.24) is 0 Å². The van der Waals surface area contributed by atoms with E-state index in [4.69, 9.17) is 11.6 Å². The largest absolute Gasteiger partial charge is 0.355 e. The van der Waals surface area contributed by atoms with Gasteiger partial charge in [0, 0.05) is 22.1 Å². The second-order valence-electron chi connectivity index (χ2n) is 5.20. The third kappa shape index (κ3) is 3.90. The number of sulfonamides is 1. The molecule has 0 atom stereocenters. The molecule has 124 valence electrons. The molecule has 0 aliphatic carbocycles. The van der Waals surface area contributed by atoms with Gasteiger partial charge in [-0.1, -0.05) is 17.7 Å². The summed E-state index contributed by atoms with van der Waals surface area (Å²) >= 11 is 7.14. The van der Waals surface area contributed by atoms with Gasteiger partial charge in [0.2, 0.25) is 0 Å². The third-order valence-corrected chi connectivity index (χ3v) is 6.38. The lowest BCUT2D eigenvalue weighted by Crippen LogP contribution is -2.11. The first kappa shape index (κ1) is 16.8. The number of nitrogens with one attached hydrogen (secondary N) is 2. The van der Waals surface area contributed by atoms with Crippen molar-refractivity contribution in [2.24, 2.45) is 0 Å². The predicted molar refractivity (Wildman–Crippen MR) is 101 cm³/mol. The Balaban J connectivity index is 1.74. The number of aryl methyl sites for hydroxylation is 1. The summed E-state index contributed by atoms with van der Waals surface area (Å²) in [4.78, 5) is 0. The van der Waals surface area contributed by atoms with Crippen LogP contribution in [0.25, 0.3) is 0 Å². The van der Waals surface area contributed by atoms with Gasteiger partial charge < -0.3 is 5.32 Å². The van der Waals surface area contributed by atoms with Crippen molar-refractivity contribution in [1.29, 1.82) is 0 Å². The minimum Gasteiger partial charge on any atom is -0.355 e. The molecular weight excluding hydrogens is 364 g/mol. The summed E-state index contributed by atoms with van der Waals surface area (Å²) in [7, 11) is -3.52. The number of anilines is 3. The highest BCUT2D eigenvalue weighted by atomic mass is 35.5. The fourth-order valence-electron chi connectivity index (χ4n) is 2.17. The van der Waals surface area contributed by atoms with Crippen molar-refractivity contribution in [3.05, 3.63) is 70.6 Å². The Morgan fingerprint density at radius 1 is 1.00 bits per heavy atom. The number of hydrogen-bond donors (Lipinski definition) is 2. The van der Waals surface area contributed by atoms with E-state index < -0.39 is 10.0 Å². The molecule has 0 saturated heterocycles. The van der Waals surface area contributed by atoms with Crippen molar-refractivity contribution in [3.8, 4) is 0 Å². The normalized spacial score (nSPS) is 11.2. The van der Waals surface area contributed by atoms with Crippen LogP contribution in [-0.4, -0.2) is 8.42 Å². The Hall–Kier alpha value is -2.02. The Bertz CT molecular complexity index is 937. The van der Waals surface area contributed by atoms with Crippen molar-refractivity contribution in [2.45, 2.75) is 11.1 Å². The summed E-state index contributed by atoms with van der Waals surface area (Å²) in [5, 5.41) is 5.71. The molecule has 24 heavy (non-hydrogen) atoms. The molecule has 0 saturated carbocycles. The highest BCUT2D eigenvalue weighted by molar-refractivity contribution is 7.94. The lowest BCUT2D eigenvalue weighted by atomic mass is 10.2. The predicted octanol–water partition coefficient (Wildman–Crippen LogP) is 5.25. The number of benzene rings is 2. The number of thiophene rings is 1. The molecule has 3 rings (SSSR count). The second-order valence-corrected chi connectivity index (χ2v) is 8.49. The summed E-state index contributed by atoms with van der Waals surface area (Å²) in [5.41, 5.74) is 3.36. The molecule has 0 radical (unpaired) electrons. The topological polar surface area (TPSA) is 58.2 Å². The van der Waals surface area contributed by atoms with Gasteiger partial charge in [-0.25, -0.2) is 8.42 Å². The highest BCUT2D eigenvalue weighted by Gasteiger charge is 2.14. The average molecular weight is 379 g/mol. The Labute approximate surface area is 150 Å². The second kappa shape index (κ2) is 6.84. The van der Waals surface area contributed by atoms with Gasteiger partial charge in [0.05, 0.1) is 0 Å². The van der Waals surface area contributed by atoms with Crippen LogP contribution in [0.4, 0.5) is 17.1 Å². The molecule has 4 nitrogen and oxygen atoms in total. The lowest BCUT2D eigenvalue weighted by molar-refractivity contribution is 0.603. The summed E-state index contributed by atoms with van der Waals surface area (Å²) in [6.07, 6.45) is 0. The van der Waals surface area contributed by atoms with E-state index in [1.165, 1.54) is 11.3 Å². The summed E-state index contributed by atoms with van der Waals surface area (Å²) in [5.74, 6) is 0. The summed E-state index contributed by atoms with van der Waals surface area (Å²) in [6.45, 7) is 1.97. The van der Waals surface area contributed by atoms with Crippen LogP contribution in [0.1, 0.15) is 5.56 Å². The van der Waals surface area contributed by atoms with Gasteiger partial charge in [-0.15, -0.1) is 11.3 Å². The highest BCUT2D eigenvalue weighted by Crippen LogP contribution is 2.25. The first-order valence-corrected chi connectivity index (χ1v) is 9.88. The number of halogens is 1. The van der Waals surface area contributed by atoms with Gasteiger partial charge in [0.15, 0.2) is 0 Å². The molecule has 0 fully saturated rings. The van der Waals surface area contributed by atoms with E-state index >= 15 is 0 Å². The van der Waals surface area contributed by atoms with E-state index in [1.54, 1.807) is 29.6 Å². The van der Waals surface area contributed by atoms with Crippen LogP contribution in [0.15, 0.2) is 64.2 Å². The summed E-state index contributed by atoms with van der Waals surface area (Å²) < 4.78 is 27.2. The standard InChI is InChI=1S/C17H15ClN2O2S2/c1-12-11-13(18)4-9-16(12)19-14-5-7-15(8-6-14)20-24(21,22)17-3-2-10-23-17/h2-11,19-20H,1H3.